The molecule has 0 aromatic heterocycles. The first-order chi connectivity index (χ1) is 13.8. The Balaban J connectivity index is 0.000000160. The SMILES string of the molecule is C[C-]1C2CCCCC2C2CCCCC12.C[C-]1C2CCCCC2C2CCCCC12.[W+2].[W]. The molecule has 0 aromatic carbocycles. The van der Waals surface area contributed by atoms with Gasteiger partial charge in [-0.15, -0.1) is 0 Å². The van der Waals surface area contributed by atoms with E-state index in [4.69, 9.17) is 0 Å². The third-order valence-corrected chi connectivity index (χ3v) is 10.7. The van der Waals surface area contributed by atoms with Gasteiger partial charge < -0.3 is 11.8 Å². The van der Waals surface area contributed by atoms with Gasteiger partial charge in [-0.2, -0.15) is 37.5 Å². The van der Waals surface area contributed by atoms with Crippen LogP contribution in [0.3, 0.4) is 0 Å². The van der Waals surface area contributed by atoms with Crippen molar-refractivity contribution in [3.63, 3.8) is 0 Å². The van der Waals surface area contributed by atoms with Crippen molar-refractivity contribution < 1.29 is 42.1 Å². The Bertz CT molecular complexity index is 429. The molecule has 8 atom stereocenters. The number of hydrogen-bond donors (Lipinski definition) is 0. The first kappa shape index (κ1) is 26.0. The van der Waals surface area contributed by atoms with E-state index < -0.39 is 0 Å². The predicted molar refractivity (Wildman–Crippen MR) is 120 cm³/mol. The maximum Gasteiger partial charge on any atom is 2.00 e. The fourth-order valence-electron chi connectivity index (χ4n) is 9.50. The molecule has 0 N–H and O–H groups in total. The zero-order chi connectivity index (χ0) is 19.1. The average Bonchev–Trinajstić information content (AvgIpc) is 3.22. The van der Waals surface area contributed by atoms with E-state index in [0.29, 0.717) is 0 Å². The van der Waals surface area contributed by atoms with Gasteiger partial charge in [0.1, 0.15) is 0 Å². The van der Waals surface area contributed by atoms with Crippen molar-refractivity contribution in [2.45, 2.75) is 117 Å². The van der Waals surface area contributed by atoms with Crippen molar-refractivity contribution in [1.82, 2.24) is 0 Å². The molecule has 6 aliphatic carbocycles. The minimum Gasteiger partial charge on any atom is -0.310 e. The largest absolute Gasteiger partial charge is 2.00 e. The number of hydrogen-bond acceptors (Lipinski definition) is 0. The Kier molecular flexibility index (Phi) is 10.1. The monoisotopic (exact) mass is 750 g/mol. The van der Waals surface area contributed by atoms with Gasteiger partial charge in [0.15, 0.2) is 0 Å². The molecule has 6 fully saturated rings. The molecule has 6 aliphatic rings. The molecule has 0 saturated heterocycles. The molecule has 0 amide bonds. The average molecular weight is 750 g/mol. The van der Waals surface area contributed by atoms with Crippen LogP contribution in [0.4, 0.5) is 0 Å². The maximum atomic E-state index is 2.49. The van der Waals surface area contributed by atoms with Gasteiger partial charge in [0, 0.05) is 21.1 Å². The number of rotatable bonds is 0. The molecule has 0 spiro atoms. The molecule has 170 valence electrons. The summed E-state index contributed by atoms with van der Waals surface area (Å²) in [5.74, 6) is 12.5. The third kappa shape index (κ3) is 4.91. The summed E-state index contributed by atoms with van der Waals surface area (Å²) in [5.41, 5.74) is 0. The van der Waals surface area contributed by atoms with E-state index in [1.807, 2.05) is 11.8 Å². The Morgan fingerprint density at radius 1 is 0.400 bits per heavy atom. The van der Waals surface area contributed by atoms with Crippen LogP contribution in [-0.4, -0.2) is 0 Å². The van der Waals surface area contributed by atoms with Gasteiger partial charge in [-0.05, 0) is 0 Å². The maximum absolute atomic E-state index is 2.49. The van der Waals surface area contributed by atoms with Gasteiger partial charge in [-0.1, -0.05) is 126 Å². The fourth-order valence-corrected chi connectivity index (χ4v) is 9.50. The van der Waals surface area contributed by atoms with Crippen molar-refractivity contribution in [3.8, 4) is 0 Å². The second-order valence-corrected chi connectivity index (χ2v) is 11.7. The van der Waals surface area contributed by atoms with Crippen molar-refractivity contribution in [3.05, 3.63) is 11.8 Å². The minimum atomic E-state index is 0. The summed E-state index contributed by atoms with van der Waals surface area (Å²) in [4.78, 5) is 0. The Hall–Kier alpha value is 1.38. The standard InChI is InChI=1S/2C14H23.2W/c2*1-10-11-6-2-4-8-13(11)14-9-5-3-7-12(10)14;;/h2*11-14H,2-9H2,1H3;;/q2*-1;;+2. The Labute approximate surface area is 216 Å². The van der Waals surface area contributed by atoms with Crippen LogP contribution in [0.5, 0.6) is 0 Å². The molecular weight excluding hydrogens is 704 g/mol. The van der Waals surface area contributed by atoms with Gasteiger partial charge in [0.05, 0.1) is 0 Å². The van der Waals surface area contributed by atoms with E-state index in [0.717, 1.165) is 47.3 Å². The third-order valence-electron chi connectivity index (χ3n) is 10.7. The van der Waals surface area contributed by atoms with Crippen LogP contribution < -0.4 is 0 Å². The van der Waals surface area contributed by atoms with Gasteiger partial charge >= 0.3 is 21.1 Å². The van der Waals surface area contributed by atoms with Gasteiger partial charge in [0.25, 0.3) is 0 Å². The Morgan fingerprint density at radius 3 is 0.833 bits per heavy atom. The molecule has 0 heterocycles. The summed E-state index contributed by atoms with van der Waals surface area (Å²) in [5, 5.41) is 0. The molecule has 8 unspecified atom stereocenters. The predicted octanol–water partition coefficient (Wildman–Crippen LogP) is 8.41. The van der Waals surface area contributed by atoms with Crippen LogP contribution in [-0.2, 0) is 42.1 Å². The molecule has 2 heteroatoms. The van der Waals surface area contributed by atoms with E-state index in [9.17, 15) is 0 Å². The van der Waals surface area contributed by atoms with Crippen molar-refractivity contribution >= 4 is 0 Å². The zero-order valence-corrected chi connectivity index (χ0v) is 25.6. The van der Waals surface area contributed by atoms with E-state index in [-0.39, 0.29) is 42.1 Å². The van der Waals surface area contributed by atoms with Crippen molar-refractivity contribution in [2.75, 3.05) is 0 Å². The normalized spacial score (nSPS) is 45.4. The fraction of sp³-hybridized carbons (Fsp3) is 0.929. The van der Waals surface area contributed by atoms with Gasteiger partial charge in [0.2, 0.25) is 0 Å². The van der Waals surface area contributed by atoms with Gasteiger partial charge in [-0.3, -0.25) is 0 Å². The Morgan fingerprint density at radius 2 is 0.600 bits per heavy atom. The van der Waals surface area contributed by atoms with Crippen molar-refractivity contribution in [2.24, 2.45) is 47.3 Å². The van der Waals surface area contributed by atoms with Crippen LogP contribution >= 0.6 is 0 Å². The summed E-state index contributed by atoms with van der Waals surface area (Å²) >= 11 is 0. The van der Waals surface area contributed by atoms with E-state index in [2.05, 4.69) is 13.8 Å². The van der Waals surface area contributed by atoms with Crippen LogP contribution in [0.2, 0.25) is 0 Å². The zero-order valence-electron chi connectivity index (χ0n) is 19.7. The molecule has 0 aliphatic heterocycles. The van der Waals surface area contributed by atoms with Crippen LogP contribution in [0.25, 0.3) is 0 Å². The molecule has 6 saturated carbocycles. The molecular formula is C28H46W2. The molecule has 30 heavy (non-hydrogen) atoms. The molecule has 0 radical (unpaired) electrons. The van der Waals surface area contributed by atoms with Crippen LogP contribution in [0.15, 0.2) is 0 Å². The van der Waals surface area contributed by atoms with Crippen LogP contribution in [0.1, 0.15) is 117 Å². The molecule has 6 rings (SSSR count). The smallest absolute Gasteiger partial charge is 0.310 e. The van der Waals surface area contributed by atoms with Crippen LogP contribution in [0, 0.1) is 59.2 Å². The summed E-state index contributed by atoms with van der Waals surface area (Å²) in [7, 11) is 0. The quantitative estimate of drug-likeness (QED) is 0.219. The number of fused-ring (bicyclic) bond motifs is 6. The van der Waals surface area contributed by atoms with Crippen molar-refractivity contribution in [1.29, 1.82) is 0 Å². The summed E-state index contributed by atoms with van der Waals surface area (Å²) in [6, 6.07) is 0. The summed E-state index contributed by atoms with van der Waals surface area (Å²) < 4.78 is 0. The molecule has 0 nitrogen and oxygen atoms in total. The molecule has 0 bridgehead atoms. The second-order valence-electron chi connectivity index (χ2n) is 11.7. The molecule has 0 aromatic rings. The second kappa shape index (κ2) is 11.7. The van der Waals surface area contributed by atoms with E-state index in [1.165, 1.54) is 77.0 Å². The van der Waals surface area contributed by atoms with E-state index in [1.54, 1.807) is 25.7 Å². The summed E-state index contributed by atoms with van der Waals surface area (Å²) in [6.45, 7) is 4.97. The topological polar surface area (TPSA) is 0 Å². The van der Waals surface area contributed by atoms with Gasteiger partial charge in [-0.25, -0.2) is 0 Å². The summed E-state index contributed by atoms with van der Waals surface area (Å²) in [6.07, 6.45) is 24.5. The first-order valence-corrected chi connectivity index (χ1v) is 13.4. The first-order valence-electron chi connectivity index (χ1n) is 13.4. The minimum absolute atomic E-state index is 0. The van der Waals surface area contributed by atoms with E-state index >= 15 is 0 Å².